The van der Waals surface area contributed by atoms with Gasteiger partial charge in [-0.1, -0.05) is 0 Å². The quantitative estimate of drug-likeness (QED) is 0.257. The van der Waals surface area contributed by atoms with Crippen molar-refractivity contribution >= 4 is 36.4 Å². The molecule has 12 heteroatoms. The van der Waals surface area contributed by atoms with E-state index in [2.05, 4.69) is 28.2 Å². The topological polar surface area (TPSA) is 200 Å². The molecular formula is C21H33FN8O3. The van der Waals surface area contributed by atoms with Crippen LogP contribution in [0.1, 0.15) is 13.8 Å². The third kappa shape index (κ3) is 10.3. The number of carbonyl (C=O) groups is 2. The first-order valence-electron chi connectivity index (χ1n) is 9.60. The molecule has 182 valence electrons. The van der Waals surface area contributed by atoms with Crippen molar-refractivity contribution in [3.05, 3.63) is 42.3 Å². The van der Waals surface area contributed by atoms with E-state index in [1.165, 1.54) is 38.2 Å². The van der Waals surface area contributed by atoms with Gasteiger partial charge in [0.25, 0.3) is 0 Å². The SMILES string of the molecule is C=N.CC1CN(c2ccc(-c3ccc(N=C(N)N)cn3)c(F)c2)C(=O)O1.CC=O.CN.CN. The minimum absolute atomic E-state index is 0.0770. The summed E-state index contributed by atoms with van der Waals surface area (Å²) in [6.07, 6.45) is 1.50. The molecule has 1 aromatic carbocycles. The van der Waals surface area contributed by atoms with Gasteiger partial charge in [-0.2, -0.15) is 0 Å². The van der Waals surface area contributed by atoms with Crippen molar-refractivity contribution in [2.75, 3.05) is 25.5 Å². The van der Waals surface area contributed by atoms with Gasteiger partial charge in [0.2, 0.25) is 0 Å². The highest BCUT2D eigenvalue weighted by molar-refractivity contribution is 5.90. The van der Waals surface area contributed by atoms with Crippen LogP contribution >= 0.6 is 0 Å². The number of ether oxygens (including phenoxy) is 1. The summed E-state index contributed by atoms with van der Waals surface area (Å²) >= 11 is 0. The molecule has 11 nitrogen and oxygen atoms in total. The second kappa shape index (κ2) is 17.7. The van der Waals surface area contributed by atoms with Gasteiger partial charge >= 0.3 is 6.09 Å². The average Bonchev–Trinajstić information content (AvgIpc) is 3.16. The lowest BCUT2D eigenvalue weighted by Crippen LogP contribution is -2.24. The number of rotatable bonds is 3. The van der Waals surface area contributed by atoms with Crippen LogP contribution in [-0.4, -0.2) is 56.8 Å². The Morgan fingerprint density at radius 2 is 1.82 bits per heavy atom. The number of anilines is 1. The zero-order valence-corrected chi connectivity index (χ0v) is 19.3. The molecule has 2 aromatic rings. The fourth-order valence-electron chi connectivity index (χ4n) is 2.46. The molecule has 2 heterocycles. The van der Waals surface area contributed by atoms with Crippen molar-refractivity contribution < 1.29 is 18.7 Å². The summed E-state index contributed by atoms with van der Waals surface area (Å²) < 4.78 is 19.5. The minimum atomic E-state index is -0.484. The second-order valence-corrected chi connectivity index (χ2v) is 5.64. The lowest BCUT2D eigenvalue weighted by molar-refractivity contribution is -0.106. The first kappa shape index (κ1) is 31.3. The maximum absolute atomic E-state index is 14.4. The molecule has 1 saturated heterocycles. The lowest BCUT2D eigenvalue weighted by atomic mass is 10.1. The first-order chi connectivity index (χ1) is 15.8. The number of nitrogens with two attached hydrogens (primary N) is 4. The summed E-state index contributed by atoms with van der Waals surface area (Å²) in [4.78, 5) is 29.9. The Morgan fingerprint density at radius 1 is 1.24 bits per heavy atom. The highest BCUT2D eigenvalue weighted by atomic mass is 19.1. The number of benzene rings is 1. The van der Waals surface area contributed by atoms with Crippen molar-refractivity contribution in [1.29, 1.82) is 5.41 Å². The molecule has 0 saturated carbocycles. The van der Waals surface area contributed by atoms with Gasteiger partial charge in [0, 0.05) is 5.56 Å². The molecule has 1 atom stereocenters. The van der Waals surface area contributed by atoms with Crippen LogP contribution in [0.5, 0.6) is 0 Å². The van der Waals surface area contributed by atoms with E-state index in [1.54, 1.807) is 31.2 Å². The van der Waals surface area contributed by atoms with E-state index in [1.807, 2.05) is 0 Å². The number of guanidine groups is 1. The normalized spacial score (nSPS) is 13.1. The second-order valence-electron chi connectivity index (χ2n) is 5.64. The van der Waals surface area contributed by atoms with Crippen molar-refractivity contribution in [2.45, 2.75) is 20.0 Å². The van der Waals surface area contributed by atoms with Gasteiger partial charge in [0.05, 0.1) is 29.8 Å². The highest BCUT2D eigenvalue weighted by Gasteiger charge is 2.29. The van der Waals surface area contributed by atoms with Gasteiger partial charge in [0.1, 0.15) is 18.2 Å². The molecule has 1 amide bonds. The van der Waals surface area contributed by atoms with E-state index in [-0.39, 0.29) is 12.1 Å². The van der Waals surface area contributed by atoms with Crippen LogP contribution in [0.25, 0.3) is 11.3 Å². The molecule has 0 bridgehead atoms. The van der Waals surface area contributed by atoms with Gasteiger partial charge in [0.15, 0.2) is 5.96 Å². The number of pyridine rings is 1. The lowest BCUT2D eigenvalue weighted by Gasteiger charge is -2.14. The van der Waals surface area contributed by atoms with Gasteiger partial charge in [-0.3, -0.25) is 9.88 Å². The Hall–Kier alpha value is -3.90. The third-order valence-corrected chi connectivity index (χ3v) is 3.51. The maximum atomic E-state index is 14.4. The molecule has 0 spiro atoms. The van der Waals surface area contributed by atoms with E-state index >= 15 is 0 Å². The summed E-state index contributed by atoms with van der Waals surface area (Å²) in [6, 6.07) is 7.77. The Balaban J connectivity index is 0. The molecule has 1 aliphatic heterocycles. The Morgan fingerprint density at radius 3 is 2.21 bits per heavy atom. The number of nitrogens with zero attached hydrogens (tertiary/aromatic N) is 3. The Bertz CT molecular complexity index is 874. The number of aliphatic imine (C=N–C) groups is 1. The summed E-state index contributed by atoms with van der Waals surface area (Å²) in [5, 5.41) is 5.50. The standard InChI is InChI=1S/C16H16FN5O2.C2H4O.2CH5N.CH3N/c1-9-8-22(16(23)24-9)11-3-4-12(13(17)6-11)14-5-2-10(7-20-14)21-15(18)19;1-2-3;3*1-2/h2-7,9H,8H2,1H3,(H4,18,19,21);2H,1H3;2*2H2,1H3;2H,1H2. The molecule has 1 unspecified atom stereocenters. The number of hydrogen-bond acceptors (Lipinski definition) is 8. The van der Waals surface area contributed by atoms with Crippen molar-refractivity contribution in [2.24, 2.45) is 27.9 Å². The van der Waals surface area contributed by atoms with E-state index in [9.17, 15) is 9.18 Å². The van der Waals surface area contributed by atoms with Gasteiger partial charge in [-0.15, -0.1) is 0 Å². The van der Waals surface area contributed by atoms with Crippen molar-refractivity contribution in [1.82, 2.24) is 4.98 Å². The minimum Gasteiger partial charge on any atom is -0.444 e. The van der Waals surface area contributed by atoms with Gasteiger partial charge in [-0.05, 0) is 65.0 Å². The van der Waals surface area contributed by atoms with Crippen LogP contribution in [0.3, 0.4) is 0 Å². The van der Waals surface area contributed by atoms with Crippen LogP contribution in [-0.2, 0) is 9.53 Å². The predicted octanol–water partition coefficient (Wildman–Crippen LogP) is 1.76. The molecule has 0 radical (unpaired) electrons. The van der Waals surface area contributed by atoms with E-state index in [0.29, 0.717) is 29.2 Å². The average molecular weight is 465 g/mol. The van der Waals surface area contributed by atoms with E-state index in [4.69, 9.17) is 26.4 Å². The largest absolute Gasteiger partial charge is 0.444 e. The molecular weight excluding hydrogens is 431 g/mol. The molecule has 1 fully saturated rings. The fourth-order valence-corrected chi connectivity index (χ4v) is 2.46. The zero-order valence-electron chi connectivity index (χ0n) is 19.3. The smallest absolute Gasteiger partial charge is 0.414 e. The van der Waals surface area contributed by atoms with Crippen LogP contribution in [0.2, 0.25) is 0 Å². The van der Waals surface area contributed by atoms with Gasteiger partial charge in [-0.25, -0.2) is 14.2 Å². The number of amides is 1. The molecule has 1 aliphatic rings. The van der Waals surface area contributed by atoms with Crippen LogP contribution in [0, 0.1) is 11.2 Å². The molecule has 0 aliphatic carbocycles. The van der Waals surface area contributed by atoms with E-state index < -0.39 is 11.9 Å². The maximum Gasteiger partial charge on any atom is 0.414 e. The van der Waals surface area contributed by atoms with Crippen molar-refractivity contribution in [3.63, 3.8) is 0 Å². The summed E-state index contributed by atoms with van der Waals surface area (Å²) in [6.45, 7) is 6.12. The van der Waals surface area contributed by atoms with Crippen molar-refractivity contribution in [3.8, 4) is 11.3 Å². The summed E-state index contributed by atoms with van der Waals surface area (Å²) in [5.74, 6) is -0.561. The number of halogens is 1. The molecule has 9 N–H and O–H groups in total. The van der Waals surface area contributed by atoms with Crippen LogP contribution < -0.4 is 27.8 Å². The highest BCUT2D eigenvalue weighted by Crippen LogP contribution is 2.28. The number of carbonyl (C=O) groups excluding carboxylic acids is 2. The number of cyclic esters (lactones) is 1. The van der Waals surface area contributed by atoms with E-state index in [0.717, 1.165) is 6.29 Å². The number of hydrogen-bond donors (Lipinski definition) is 5. The molecule has 1 aromatic heterocycles. The number of aldehydes is 1. The Labute approximate surface area is 193 Å². The van der Waals surface area contributed by atoms with Gasteiger partial charge < -0.3 is 37.9 Å². The monoisotopic (exact) mass is 464 g/mol. The zero-order chi connectivity index (χ0) is 26.0. The predicted molar refractivity (Wildman–Crippen MR) is 130 cm³/mol. The number of aromatic nitrogens is 1. The summed E-state index contributed by atoms with van der Waals surface area (Å²) in [5.41, 5.74) is 21.3. The van der Waals surface area contributed by atoms with Crippen LogP contribution in [0.4, 0.5) is 20.6 Å². The molecule has 33 heavy (non-hydrogen) atoms. The molecule has 3 rings (SSSR count). The van der Waals surface area contributed by atoms with Crippen LogP contribution in [0.15, 0.2) is 41.5 Å². The fraction of sp³-hybridized carbons (Fsp3) is 0.286. The summed E-state index contributed by atoms with van der Waals surface area (Å²) in [7, 11) is 3.00. The Kier molecular flexibility index (Phi) is 16.8. The first-order valence-corrected chi connectivity index (χ1v) is 9.60. The number of nitrogens with one attached hydrogen (secondary N) is 1. The third-order valence-electron chi connectivity index (χ3n) is 3.51.